The van der Waals surface area contributed by atoms with Crippen molar-refractivity contribution in [3.8, 4) is 11.3 Å². The Bertz CT molecular complexity index is 703. The number of aromatic nitrogens is 1. The van der Waals surface area contributed by atoms with E-state index in [2.05, 4.69) is 22.3 Å². The summed E-state index contributed by atoms with van der Waals surface area (Å²) in [5.41, 5.74) is 2.05. The van der Waals surface area contributed by atoms with Crippen LogP contribution in [-0.2, 0) is 0 Å². The summed E-state index contributed by atoms with van der Waals surface area (Å²) in [6.45, 7) is 8.36. The highest BCUT2D eigenvalue weighted by Gasteiger charge is 2.21. The molecular formula is C21H29N3O2. The molecule has 0 atom stereocenters. The zero-order chi connectivity index (χ0) is 18.4. The van der Waals surface area contributed by atoms with Crippen LogP contribution in [0.25, 0.3) is 11.3 Å². The minimum absolute atomic E-state index is 0.102. The van der Waals surface area contributed by atoms with E-state index >= 15 is 0 Å². The van der Waals surface area contributed by atoms with Crippen LogP contribution in [0.4, 0.5) is 0 Å². The number of carbonyl (C=O) groups is 1. The monoisotopic (exact) mass is 355 g/mol. The van der Waals surface area contributed by atoms with Crippen LogP contribution in [0, 0.1) is 12.8 Å². The molecule has 0 aliphatic carbocycles. The van der Waals surface area contributed by atoms with E-state index in [9.17, 15) is 4.79 Å². The summed E-state index contributed by atoms with van der Waals surface area (Å²) in [6, 6.07) is 9.69. The molecule has 0 saturated carbocycles. The van der Waals surface area contributed by atoms with E-state index in [0.29, 0.717) is 23.6 Å². The summed E-state index contributed by atoms with van der Waals surface area (Å²) >= 11 is 0. The van der Waals surface area contributed by atoms with E-state index in [1.54, 1.807) is 6.92 Å². The number of hydrogen-bond donors (Lipinski definition) is 1. The summed E-state index contributed by atoms with van der Waals surface area (Å²) < 4.78 is 5.27. The van der Waals surface area contributed by atoms with Gasteiger partial charge in [-0.3, -0.25) is 4.79 Å². The molecule has 26 heavy (non-hydrogen) atoms. The fourth-order valence-corrected chi connectivity index (χ4v) is 3.47. The van der Waals surface area contributed by atoms with Crippen molar-refractivity contribution in [2.45, 2.75) is 39.5 Å². The van der Waals surface area contributed by atoms with Gasteiger partial charge in [-0.1, -0.05) is 42.4 Å². The molecule has 1 N–H and O–H groups in total. The molecule has 1 aliphatic heterocycles. The highest BCUT2D eigenvalue weighted by Crippen LogP contribution is 2.24. The first-order valence-corrected chi connectivity index (χ1v) is 9.67. The molecule has 5 heteroatoms. The maximum absolute atomic E-state index is 12.6. The highest BCUT2D eigenvalue weighted by atomic mass is 16.5. The topological polar surface area (TPSA) is 58.4 Å². The number of benzene rings is 1. The number of nitrogens with zero attached hydrogens (tertiary/aromatic N) is 2. The predicted octanol–water partition coefficient (Wildman–Crippen LogP) is 3.89. The zero-order valence-corrected chi connectivity index (χ0v) is 15.8. The Morgan fingerprint density at radius 1 is 1.23 bits per heavy atom. The molecule has 1 amide bonds. The average molecular weight is 355 g/mol. The normalized spacial score (nSPS) is 15.9. The smallest absolute Gasteiger partial charge is 0.257 e. The third kappa shape index (κ3) is 4.73. The predicted molar refractivity (Wildman–Crippen MR) is 103 cm³/mol. The first kappa shape index (κ1) is 18.6. The quantitative estimate of drug-likeness (QED) is 0.766. The number of nitrogens with one attached hydrogen (secondary N) is 1. The lowest BCUT2D eigenvalue weighted by Crippen LogP contribution is -2.34. The number of hydrogen-bond acceptors (Lipinski definition) is 4. The van der Waals surface area contributed by atoms with Crippen LogP contribution in [0.2, 0.25) is 0 Å². The minimum atomic E-state index is -0.102. The van der Waals surface area contributed by atoms with Crippen LogP contribution < -0.4 is 5.32 Å². The van der Waals surface area contributed by atoms with Gasteiger partial charge in [0, 0.05) is 12.1 Å². The molecule has 0 radical (unpaired) electrons. The first-order valence-electron chi connectivity index (χ1n) is 9.67. The van der Waals surface area contributed by atoms with E-state index in [0.717, 1.165) is 30.9 Å². The van der Waals surface area contributed by atoms with Crippen LogP contribution in [-0.4, -0.2) is 42.1 Å². The van der Waals surface area contributed by atoms with Gasteiger partial charge in [-0.2, -0.15) is 0 Å². The number of likely N-dealkylation sites (tertiary alicyclic amines) is 1. The van der Waals surface area contributed by atoms with Gasteiger partial charge >= 0.3 is 0 Å². The van der Waals surface area contributed by atoms with Crippen molar-refractivity contribution in [3.05, 3.63) is 41.7 Å². The molecule has 1 fully saturated rings. The summed E-state index contributed by atoms with van der Waals surface area (Å²) in [5.74, 6) is 1.33. The lowest BCUT2D eigenvalue weighted by molar-refractivity contribution is 0.0951. The Morgan fingerprint density at radius 2 is 1.96 bits per heavy atom. The molecule has 5 nitrogen and oxygen atoms in total. The number of unbranched alkanes of at least 4 members (excludes halogenated alkanes) is 1. The molecule has 0 unspecified atom stereocenters. The van der Waals surface area contributed by atoms with E-state index < -0.39 is 0 Å². The van der Waals surface area contributed by atoms with Gasteiger partial charge in [0.05, 0.1) is 0 Å². The van der Waals surface area contributed by atoms with Crippen molar-refractivity contribution in [2.75, 3.05) is 26.2 Å². The lowest BCUT2D eigenvalue weighted by atomic mass is 9.99. The molecule has 1 aliphatic rings. The largest absolute Gasteiger partial charge is 0.360 e. The van der Waals surface area contributed by atoms with Gasteiger partial charge in [0.1, 0.15) is 17.0 Å². The maximum atomic E-state index is 12.6. The molecular weight excluding hydrogens is 326 g/mol. The summed E-state index contributed by atoms with van der Waals surface area (Å²) in [7, 11) is 0. The van der Waals surface area contributed by atoms with E-state index in [1.165, 1.54) is 25.9 Å². The third-order valence-corrected chi connectivity index (χ3v) is 5.20. The molecule has 140 valence electrons. The van der Waals surface area contributed by atoms with Gasteiger partial charge in [-0.25, -0.2) is 0 Å². The van der Waals surface area contributed by atoms with Crippen LogP contribution in [0.1, 0.15) is 48.7 Å². The molecule has 1 saturated heterocycles. The van der Waals surface area contributed by atoms with Crippen molar-refractivity contribution in [3.63, 3.8) is 0 Å². The van der Waals surface area contributed by atoms with Crippen molar-refractivity contribution < 1.29 is 9.32 Å². The average Bonchev–Trinajstić information content (AvgIpc) is 3.05. The SMILES string of the molecule is Cc1onc(-c2ccccc2)c1C(=O)NCCCCN1CCC(C)CC1. The zero-order valence-electron chi connectivity index (χ0n) is 15.8. The number of aryl methyl sites for hydroxylation is 1. The lowest BCUT2D eigenvalue weighted by Gasteiger charge is -2.30. The Balaban J connectivity index is 1.46. The Morgan fingerprint density at radius 3 is 2.69 bits per heavy atom. The van der Waals surface area contributed by atoms with Gasteiger partial charge < -0.3 is 14.7 Å². The Kier molecular flexibility index (Phi) is 6.45. The fraction of sp³-hybridized carbons (Fsp3) is 0.524. The molecule has 2 heterocycles. The number of carbonyl (C=O) groups excluding carboxylic acids is 1. The molecule has 3 rings (SSSR count). The molecule has 0 spiro atoms. The number of rotatable bonds is 7. The van der Waals surface area contributed by atoms with Crippen LogP contribution in [0.3, 0.4) is 0 Å². The van der Waals surface area contributed by atoms with Crippen LogP contribution in [0.15, 0.2) is 34.9 Å². The number of amides is 1. The Labute approximate surface area is 155 Å². The first-order chi connectivity index (χ1) is 12.6. The molecule has 0 bridgehead atoms. The van der Waals surface area contributed by atoms with E-state index in [1.807, 2.05) is 30.3 Å². The van der Waals surface area contributed by atoms with Gasteiger partial charge in [0.2, 0.25) is 0 Å². The molecule has 1 aromatic carbocycles. The van der Waals surface area contributed by atoms with Gasteiger partial charge in [0.15, 0.2) is 0 Å². The van der Waals surface area contributed by atoms with Crippen molar-refractivity contribution in [2.24, 2.45) is 5.92 Å². The summed E-state index contributed by atoms with van der Waals surface area (Å²) in [4.78, 5) is 15.1. The van der Waals surface area contributed by atoms with Crippen molar-refractivity contribution in [1.29, 1.82) is 0 Å². The van der Waals surface area contributed by atoms with Gasteiger partial charge in [-0.05, 0) is 58.2 Å². The standard InChI is InChI=1S/C21H29N3O2/c1-16-10-14-24(15-11-16)13-7-6-12-22-21(25)19-17(2)26-23-20(19)18-8-4-3-5-9-18/h3-5,8-9,16H,6-7,10-15H2,1-2H3,(H,22,25). The van der Waals surface area contributed by atoms with E-state index in [4.69, 9.17) is 4.52 Å². The van der Waals surface area contributed by atoms with E-state index in [-0.39, 0.29) is 5.91 Å². The van der Waals surface area contributed by atoms with Crippen molar-refractivity contribution in [1.82, 2.24) is 15.4 Å². The maximum Gasteiger partial charge on any atom is 0.257 e. The minimum Gasteiger partial charge on any atom is -0.360 e. The second kappa shape index (κ2) is 8.99. The second-order valence-corrected chi connectivity index (χ2v) is 7.32. The summed E-state index contributed by atoms with van der Waals surface area (Å²) in [6.07, 6.45) is 4.73. The second-order valence-electron chi connectivity index (χ2n) is 7.32. The molecule has 1 aromatic heterocycles. The van der Waals surface area contributed by atoms with Gasteiger partial charge in [-0.15, -0.1) is 0 Å². The van der Waals surface area contributed by atoms with Crippen molar-refractivity contribution >= 4 is 5.91 Å². The van der Waals surface area contributed by atoms with Crippen LogP contribution in [0.5, 0.6) is 0 Å². The van der Waals surface area contributed by atoms with Gasteiger partial charge in [0.25, 0.3) is 5.91 Å². The highest BCUT2D eigenvalue weighted by molar-refractivity contribution is 6.00. The van der Waals surface area contributed by atoms with Crippen LogP contribution >= 0.6 is 0 Å². The summed E-state index contributed by atoms with van der Waals surface area (Å²) in [5, 5.41) is 7.10. The number of piperidine rings is 1. The molecule has 2 aromatic rings. The third-order valence-electron chi connectivity index (χ3n) is 5.20. The fourth-order valence-electron chi connectivity index (χ4n) is 3.47. The Hall–Kier alpha value is -2.14.